The average molecular weight is 531 g/mol. The summed E-state index contributed by atoms with van der Waals surface area (Å²) >= 11 is 0. The smallest absolute Gasteiger partial charge is 0.323 e. The lowest BCUT2D eigenvalue weighted by atomic mass is 10.0. The molecule has 212 valence electrons. The van der Waals surface area contributed by atoms with E-state index >= 15 is 0 Å². The van der Waals surface area contributed by atoms with Crippen LogP contribution in [0.3, 0.4) is 0 Å². The molecule has 1 aromatic rings. The molecule has 2 amide bonds. The summed E-state index contributed by atoms with van der Waals surface area (Å²) in [6.07, 6.45) is 5.78. The van der Waals surface area contributed by atoms with Crippen LogP contribution in [0.25, 0.3) is 0 Å². The molecule has 3 atom stereocenters. The first-order chi connectivity index (χ1) is 18.4. The first kappa shape index (κ1) is 31.4. The van der Waals surface area contributed by atoms with Gasteiger partial charge in [0.1, 0.15) is 6.04 Å². The number of rotatable bonds is 18. The third-order valence-corrected chi connectivity index (χ3v) is 6.91. The second kappa shape index (κ2) is 17.7. The molecule has 0 radical (unpaired) electrons. The Hall–Kier alpha value is -2.78. The van der Waals surface area contributed by atoms with Crippen molar-refractivity contribution in [3.8, 4) is 0 Å². The first-order valence-electron chi connectivity index (χ1n) is 14.1. The topological polar surface area (TPSA) is 117 Å². The normalized spacial score (nSPS) is 16.6. The molecule has 2 rings (SSSR count). The molecular formula is C29H46N4O5. The maximum Gasteiger partial charge on any atom is 0.323 e. The Kier molecular flexibility index (Phi) is 14.6. The van der Waals surface area contributed by atoms with E-state index in [9.17, 15) is 19.2 Å². The monoisotopic (exact) mass is 530 g/mol. The molecule has 1 saturated heterocycles. The van der Waals surface area contributed by atoms with E-state index in [0.29, 0.717) is 58.0 Å². The van der Waals surface area contributed by atoms with Gasteiger partial charge in [-0.15, -0.1) is 0 Å². The van der Waals surface area contributed by atoms with Crippen LogP contribution in [0.4, 0.5) is 0 Å². The van der Waals surface area contributed by atoms with Gasteiger partial charge in [0.15, 0.2) is 5.78 Å². The average Bonchev–Trinajstić information content (AvgIpc) is 3.41. The summed E-state index contributed by atoms with van der Waals surface area (Å²) in [5.74, 6) is -0.510. The van der Waals surface area contributed by atoms with Gasteiger partial charge in [-0.05, 0) is 84.4 Å². The molecule has 0 bridgehead atoms. The van der Waals surface area contributed by atoms with Crippen LogP contribution in [0.5, 0.6) is 0 Å². The highest BCUT2D eigenvalue weighted by Crippen LogP contribution is 2.21. The van der Waals surface area contributed by atoms with Crippen molar-refractivity contribution in [3.63, 3.8) is 0 Å². The molecule has 1 fully saturated rings. The van der Waals surface area contributed by atoms with E-state index < -0.39 is 18.1 Å². The number of carbonyl (C=O) groups is 4. The Balaban J connectivity index is 2.05. The van der Waals surface area contributed by atoms with E-state index in [1.807, 2.05) is 37.4 Å². The first-order valence-corrected chi connectivity index (χ1v) is 14.1. The zero-order valence-electron chi connectivity index (χ0n) is 23.3. The van der Waals surface area contributed by atoms with E-state index in [4.69, 9.17) is 4.74 Å². The van der Waals surface area contributed by atoms with Crippen LogP contribution in [0.15, 0.2) is 30.3 Å². The van der Waals surface area contributed by atoms with Crippen molar-refractivity contribution in [1.29, 1.82) is 0 Å². The molecule has 38 heavy (non-hydrogen) atoms. The number of ketones is 1. The van der Waals surface area contributed by atoms with Gasteiger partial charge in [-0.1, -0.05) is 30.3 Å². The van der Waals surface area contributed by atoms with Crippen LogP contribution >= 0.6 is 0 Å². The summed E-state index contributed by atoms with van der Waals surface area (Å²) in [5, 5.41) is 9.27. The highest BCUT2D eigenvalue weighted by molar-refractivity contribution is 5.90. The standard InChI is InChI=1S/C29H46N4O5/c1-4-38-29(37)25(18-17-23-12-6-5-7-13-23)32-24(28(36)33-21-11-15-26(33)22(2)34)14-8-9-20-31-27(35)16-10-19-30-3/h5-7,12-13,24-26,30,32H,4,8-11,14-21H2,1-3H3,(H,31,35)/t24-,25?,26?/m0/s1. The lowest BCUT2D eigenvalue weighted by molar-refractivity contribution is -0.147. The number of ether oxygens (including phenoxy) is 1. The van der Waals surface area contributed by atoms with Crippen molar-refractivity contribution < 1.29 is 23.9 Å². The van der Waals surface area contributed by atoms with Crippen LogP contribution in [0, 0.1) is 0 Å². The van der Waals surface area contributed by atoms with Crippen molar-refractivity contribution in [2.45, 2.75) is 89.8 Å². The summed E-state index contributed by atoms with van der Waals surface area (Å²) in [6.45, 7) is 5.43. The number of unbranched alkanes of at least 4 members (excludes halogenated alkanes) is 1. The van der Waals surface area contributed by atoms with E-state index in [0.717, 1.165) is 24.9 Å². The Labute approximate surface area is 227 Å². The van der Waals surface area contributed by atoms with E-state index in [1.54, 1.807) is 11.8 Å². The molecule has 0 aliphatic carbocycles. The highest BCUT2D eigenvalue weighted by atomic mass is 16.5. The minimum absolute atomic E-state index is 0.0124. The van der Waals surface area contributed by atoms with Crippen LogP contribution in [0.1, 0.15) is 70.8 Å². The molecule has 9 nitrogen and oxygen atoms in total. The van der Waals surface area contributed by atoms with Gasteiger partial charge >= 0.3 is 5.97 Å². The third-order valence-electron chi connectivity index (χ3n) is 6.91. The van der Waals surface area contributed by atoms with E-state index in [-0.39, 0.29) is 30.2 Å². The van der Waals surface area contributed by atoms with Gasteiger partial charge < -0.3 is 20.3 Å². The summed E-state index contributed by atoms with van der Waals surface area (Å²) in [6, 6.07) is 8.23. The third kappa shape index (κ3) is 10.9. The van der Waals surface area contributed by atoms with Crippen molar-refractivity contribution >= 4 is 23.6 Å². The largest absolute Gasteiger partial charge is 0.465 e. The van der Waals surface area contributed by atoms with Crippen LogP contribution < -0.4 is 16.0 Å². The lowest BCUT2D eigenvalue weighted by Gasteiger charge is -2.30. The maximum atomic E-state index is 13.7. The molecule has 3 N–H and O–H groups in total. The number of amides is 2. The number of nitrogens with zero attached hydrogens (tertiary/aromatic N) is 1. The van der Waals surface area contributed by atoms with Gasteiger partial charge in [-0.25, -0.2) is 0 Å². The molecule has 2 unspecified atom stereocenters. The minimum atomic E-state index is -0.644. The number of Topliss-reactive ketones (excluding diaryl/α,β-unsaturated/α-hetero) is 1. The zero-order valence-corrected chi connectivity index (χ0v) is 23.3. The number of hydrogen-bond acceptors (Lipinski definition) is 7. The molecule has 9 heteroatoms. The molecule has 0 aromatic heterocycles. The summed E-state index contributed by atoms with van der Waals surface area (Å²) in [7, 11) is 1.86. The zero-order chi connectivity index (χ0) is 27.8. The summed E-state index contributed by atoms with van der Waals surface area (Å²) < 4.78 is 5.34. The molecular weight excluding hydrogens is 484 g/mol. The van der Waals surface area contributed by atoms with Crippen LogP contribution in [-0.4, -0.2) is 79.9 Å². The van der Waals surface area contributed by atoms with Crippen LogP contribution in [-0.2, 0) is 30.3 Å². The van der Waals surface area contributed by atoms with Crippen molar-refractivity contribution in [2.24, 2.45) is 0 Å². The number of carbonyl (C=O) groups excluding carboxylic acids is 4. The second-order valence-electron chi connectivity index (χ2n) is 9.90. The number of nitrogens with one attached hydrogen (secondary N) is 3. The Morgan fingerprint density at radius 1 is 1.03 bits per heavy atom. The molecule has 1 heterocycles. The maximum absolute atomic E-state index is 13.7. The highest BCUT2D eigenvalue weighted by Gasteiger charge is 2.36. The Morgan fingerprint density at radius 2 is 1.79 bits per heavy atom. The second-order valence-corrected chi connectivity index (χ2v) is 9.90. The number of likely N-dealkylation sites (tertiary alicyclic amines) is 1. The van der Waals surface area contributed by atoms with Gasteiger partial charge in [0.05, 0.1) is 18.7 Å². The van der Waals surface area contributed by atoms with Crippen molar-refractivity contribution in [1.82, 2.24) is 20.9 Å². The molecule has 1 aliphatic rings. The van der Waals surface area contributed by atoms with Crippen LogP contribution in [0.2, 0.25) is 0 Å². The van der Waals surface area contributed by atoms with Crippen molar-refractivity contribution in [2.75, 3.05) is 33.3 Å². The van der Waals surface area contributed by atoms with Crippen molar-refractivity contribution in [3.05, 3.63) is 35.9 Å². The summed E-state index contributed by atoms with van der Waals surface area (Å²) in [5.41, 5.74) is 1.10. The molecule has 1 aliphatic heterocycles. The van der Waals surface area contributed by atoms with Gasteiger partial charge in [0, 0.05) is 19.5 Å². The van der Waals surface area contributed by atoms with E-state index in [2.05, 4.69) is 16.0 Å². The number of aryl methyl sites for hydroxylation is 1. The summed E-state index contributed by atoms with van der Waals surface area (Å²) in [4.78, 5) is 52.3. The molecule has 0 spiro atoms. The number of hydrogen-bond donors (Lipinski definition) is 3. The minimum Gasteiger partial charge on any atom is -0.465 e. The fourth-order valence-electron chi connectivity index (χ4n) is 4.86. The lowest BCUT2D eigenvalue weighted by Crippen LogP contribution is -2.54. The number of benzene rings is 1. The fraction of sp³-hybridized carbons (Fsp3) is 0.655. The van der Waals surface area contributed by atoms with Gasteiger partial charge in [-0.2, -0.15) is 0 Å². The van der Waals surface area contributed by atoms with Gasteiger partial charge in [-0.3, -0.25) is 24.5 Å². The fourth-order valence-corrected chi connectivity index (χ4v) is 4.86. The predicted molar refractivity (Wildman–Crippen MR) is 148 cm³/mol. The SMILES string of the molecule is CCOC(=O)C(CCc1ccccc1)N[C@@H](CCCCNC(=O)CCCNC)C(=O)N1CCCC1C(C)=O. The quantitative estimate of drug-likeness (QED) is 0.197. The predicted octanol–water partition coefficient (Wildman–Crippen LogP) is 2.38. The van der Waals surface area contributed by atoms with E-state index in [1.165, 1.54) is 6.92 Å². The number of esters is 1. The molecule has 0 saturated carbocycles. The van der Waals surface area contributed by atoms with Gasteiger partial charge in [0.25, 0.3) is 0 Å². The molecule has 1 aromatic carbocycles. The Bertz CT molecular complexity index is 879. The Morgan fingerprint density at radius 3 is 2.47 bits per heavy atom. The van der Waals surface area contributed by atoms with Gasteiger partial charge in [0.2, 0.25) is 11.8 Å².